The van der Waals surface area contributed by atoms with Crippen molar-refractivity contribution in [1.82, 2.24) is 15.1 Å². The molecule has 2 heterocycles. The molecule has 1 aromatic rings. The SMILES string of the molecule is Cc1cccc(CN2CCCC2C(=O)NCC(=O)N2CCCCC2)c1. The van der Waals surface area contributed by atoms with Gasteiger partial charge in [-0.2, -0.15) is 0 Å². The highest BCUT2D eigenvalue weighted by molar-refractivity contribution is 5.87. The number of hydrogen-bond donors (Lipinski definition) is 1. The first-order valence-corrected chi connectivity index (χ1v) is 9.48. The van der Waals surface area contributed by atoms with Gasteiger partial charge in [0, 0.05) is 19.6 Å². The van der Waals surface area contributed by atoms with Crippen LogP contribution in [0.15, 0.2) is 24.3 Å². The molecule has 0 spiro atoms. The molecule has 1 atom stereocenters. The summed E-state index contributed by atoms with van der Waals surface area (Å²) in [5, 5.41) is 2.88. The minimum Gasteiger partial charge on any atom is -0.346 e. The Morgan fingerprint density at radius 2 is 1.92 bits per heavy atom. The lowest BCUT2D eigenvalue weighted by Crippen LogP contribution is -2.47. The van der Waals surface area contributed by atoms with E-state index in [1.807, 2.05) is 4.90 Å². The molecule has 5 heteroatoms. The van der Waals surface area contributed by atoms with Crippen molar-refractivity contribution in [3.63, 3.8) is 0 Å². The number of rotatable bonds is 5. The van der Waals surface area contributed by atoms with E-state index >= 15 is 0 Å². The number of hydrogen-bond acceptors (Lipinski definition) is 3. The highest BCUT2D eigenvalue weighted by atomic mass is 16.2. The van der Waals surface area contributed by atoms with Gasteiger partial charge < -0.3 is 10.2 Å². The Hall–Kier alpha value is -1.88. The minimum atomic E-state index is -0.116. The number of aryl methyl sites for hydroxylation is 1. The monoisotopic (exact) mass is 343 g/mol. The third-order valence-corrected chi connectivity index (χ3v) is 5.26. The topological polar surface area (TPSA) is 52.7 Å². The van der Waals surface area contributed by atoms with Crippen molar-refractivity contribution in [1.29, 1.82) is 0 Å². The Morgan fingerprint density at radius 3 is 2.68 bits per heavy atom. The second-order valence-corrected chi connectivity index (χ2v) is 7.28. The summed E-state index contributed by atoms with van der Waals surface area (Å²) in [6.45, 7) is 5.61. The van der Waals surface area contributed by atoms with Crippen LogP contribution in [0.4, 0.5) is 0 Å². The van der Waals surface area contributed by atoms with Crippen LogP contribution in [0.25, 0.3) is 0 Å². The Bertz CT molecular complexity index is 611. The molecule has 2 aliphatic rings. The summed E-state index contributed by atoms with van der Waals surface area (Å²) in [5.41, 5.74) is 2.48. The number of carbonyl (C=O) groups excluding carboxylic acids is 2. The average molecular weight is 343 g/mol. The molecule has 0 radical (unpaired) electrons. The molecule has 3 rings (SSSR count). The van der Waals surface area contributed by atoms with E-state index in [9.17, 15) is 9.59 Å². The summed E-state index contributed by atoms with van der Waals surface area (Å²) in [7, 11) is 0. The zero-order valence-corrected chi connectivity index (χ0v) is 15.2. The maximum atomic E-state index is 12.6. The number of benzene rings is 1. The molecule has 136 valence electrons. The molecule has 1 aromatic carbocycles. The number of carbonyl (C=O) groups is 2. The van der Waals surface area contributed by atoms with E-state index in [-0.39, 0.29) is 24.4 Å². The Kier molecular flexibility index (Phi) is 6.08. The zero-order chi connectivity index (χ0) is 17.6. The van der Waals surface area contributed by atoms with Crippen LogP contribution in [0.5, 0.6) is 0 Å². The fourth-order valence-electron chi connectivity index (χ4n) is 3.89. The second-order valence-electron chi connectivity index (χ2n) is 7.28. The number of likely N-dealkylation sites (tertiary alicyclic amines) is 2. The van der Waals surface area contributed by atoms with E-state index in [0.29, 0.717) is 0 Å². The van der Waals surface area contributed by atoms with Gasteiger partial charge >= 0.3 is 0 Å². The summed E-state index contributed by atoms with van der Waals surface area (Å²) in [6, 6.07) is 8.32. The summed E-state index contributed by atoms with van der Waals surface area (Å²) in [5.74, 6) is 0.0480. The number of nitrogens with zero attached hydrogens (tertiary/aromatic N) is 2. The number of nitrogens with one attached hydrogen (secondary N) is 1. The molecule has 0 saturated carbocycles. The van der Waals surface area contributed by atoms with Gasteiger partial charge in [-0.15, -0.1) is 0 Å². The molecule has 5 nitrogen and oxygen atoms in total. The predicted octanol–water partition coefficient (Wildman–Crippen LogP) is 2.09. The summed E-state index contributed by atoms with van der Waals surface area (Å²) in [6.07, 6.45) is 5.25. The first-order chi connectivity index (χ1) is 12.1. The Balaban J connectivity index is 1.51. The van der Waals surface area contributed by atoms with Gasteiger partial charge in [0.15, 0.2) is 0 Å². The molecule has 1 unspecified atom stereocenters. The fourth-order valence-corrected chi connectivity index (χ4v) is 3.89. The second kappa shape index (κ2) is 8.48. The van der Waals surface area contributed by atoms with Crippen LogP contribution in [0.1, 0.15) is 43.2 Å². The van der Waals surface area contributed by atoms with Crippen molar-refractivity contribution in [3.05, 3.63) is 35.4 Å². The highest BCUT2D eigenvalue weighted by Crippen LogP contribution is 2.20. The van der Waals surface area contributed by atoms with E-state index in [1.165, 1.54) is 17.5 Å². The largest absolute Gasteiger partial charge is 0.346 e. The van der Waals surface area contributed by atoms with Crippen LogP contribution in [-0.4, -0.2) is 53.8 Å². The van der Waals surface area contributed by atoms with Gasteiger partial charge in [-0.05, 0) is 51.1 Å². The lowest BCUT2D eigenvalue weighted by atomic mass is 10.1. The molecular formula is C20H29N3O2. The molecule has 2 amide bonds. The molecule has 25 heavy (non-hydrogen) atoms. The summed E-state index contributed by atoms with van der Waals surface area (Å²) < 4.78 is 0. The maximum Gasteiger partial charge on any atom is 0.241 e. The van der Waals surface area contributed by atoms with Crippen molar-refractivity contribution in [2.75, 3.05) is 26.2 Å². The van der Waals surface area contributed by atoms with E-state index in [0.717, 1.165) is 51.9 Å². The van der Waals surface area contributed by atoms with Gasteiger partial charge in [0.1, 0.15) is 0 Å². The standard InChI is InChI=1S/C20H29N3O2/c1-16-7-5-8-17(13-16)15-23-12-6-9-18(23)20(25)21-14-19(24)22-10-3-2-4-11-22/h5,7-8,13,18H,2-4,6,9-12,14-15H2,1H3,(H,21,25). The van der Waals surface area contributed by atoms with Crippen LogP contribution in [0, 0.1) is 6.92 Å². The summed E-state index contributed by atoms with van der Waals surface area (Å²) >= 11 is 0. The van der Waals surface area contributed by atoms with Gasteiger partial charge in [0.2, 0.25) is 11.8 Å². The third-order valence-electron chi connectivity index (χ3n) is 5.26. The van der Waals surface area contributed by atoms with E-state index in [2.05, 4.69) is 41.4 Å². The van der Waals surface area contributed by atoms with Crippen molar-refractivity contribution >= 4 is 11.8 Å². The molecule has 0 aromatic heterocycles. The molecule has 2 fully saturated rings. The Labute approximate surface area is 150 Å². The summed E-state index contributed by atoms with van der Waals surface area (Å²) in [4.78, 5) is 28.9. The minimum absolute atomic E-state index is 0.00416. The van der Waals surface area contributed by atoms with Crippen molar-refractivity contribution in [3.8, 4) is 0 Å². The van der Waals surface area contributed by atoms with Gasteiger partial charge in [0.05, 0.1) is 12.6 Å². The lowest BCUT2D eigenvalue weighted by Gasteiger charge is -2.28. The van der Waals surface area contributed by atoms with Crippen molar-refractivity contribution < 1.29 is 9.59 Å². The molecule has 0 bridgehead atoms. The third kappa shape index (κ3) is 4.82. The normalized spacial score (nSPS) is 21.3. The van der Waals surface area contributed by atoms with Gasteiger partial charge in [0.25, 0.3) is 0 Å². The van der Waals surface area contributed by atoms with E-state index in [4.69, 9.17) is 0 Å². The van der Waals surface area contributed by atoms with Crippen molar-refractivity contribution in [2.45, 2.75) is 51.6 Å². The van der Waals surface area contributed by atoms with Crippen LogP contribution in [0.3, 0.4) is 0 Å². The average Bonchev–Trinajstić information content (AvgIpc) is 3.08. The first kappa shape index (κ1) is 17.9. The van der Waals surface area contributed by atoms with Crippen molar-refractivity contribution in [2.24, 2.45) is 0 Å². The number of piperidine rings is 1. The van der Waals surface area contributed by atoms with Crippen LogP contribution >= 0.6 is 0 Å². The van der Waals surface area contributed by atoms with Gasteiger partial charge in [-0.1, -0.05) is 29.8 Å². The van der Waals surface area contributed by atoms with E-state index < -0.39 is 0 Å². The van der Waals surface area contributed by atoms with Crippen LogP contribution < -0.4 is 5.32 Å². The highest BCUT2D eigenvalue weighted by Gasteiger charge is 2.31. The Morgan fingerprint density at radius 1 is 1.12 bits per heavy atom. The molecular weight excluding hydrogens is 314 g/mol. The van der Waals surface area contributed by atoms with Gasteiger partial charge in [-0.3, -0.25) is 14.5 Å². The zero-order valence-electron chi connectivity index (χ0n) is 15.2. The molecule has 0 aliphatic carbocycles. The smallest absolute Gasteiger partial charge is 0.241 e. The molecule has 2 aliphatic heterocycles. The molecule has 2 saturated heterocycles. The fraction of sp³-hybridized carbons (Fsp3) is 0.600. The first-order valence-electron chi connectivity index (χ1n) is 9.48. The molecule has 1 N–H and O–H groups in total. The van der Waals surface area contributed by atoms with Crippen LogP contribution in [0.2, 0.25) is 0 Å². The van der Waals surface area contributed by atoms with Gasteiger partial charge in [-0.25, -0.2) is 0 Å². The predicted molar refractivity (Wildman–Crippen MR) is 98.1 cm³/mol. The lowest BCUT2D eigenvalue weighted by molar-refractivity contribution is -0.134. The number of amides is 2. The van der Waals surface area contributed by atoms with Crippen LogP contribution in [-0.2, 0) is 16.1 Å². The maximum absolute atomic E-state index is 12.6. The quantitative estimate of drug-likeness (QED) is 0.891. The van der Waals surface area contributed by atoms with E-state index in [1.54, 1.807) is 0 Å².